The van der Waals surface area contributed by atoms with Crippen molar-refractivity contribution in [3.05, 3.63) is 27.7 Å². The van der Waals surface area contributed by atoms with Gasteiger partial charge in [-0.1, -0.05) is 30.1 Å². The number of rotatable bonds is 4. The molecule has 0 amide bonds. The summed E-state index contributed by atoms with van der Waals surface area (Å²) in [6.07, 6.45) is 0. The first-order valence-corrected chi connectivity index (χ1v) is 7.20. The third-order valence-electron chi connectivity index (χ3n) is 2.25. The summed E-state index contributed by atoms with van der Waals surface area (Å²) >= 11 is 11.7. The molecule has 0 spiro atoms. The van der Waals surface area contributed by atoms with E-state index in [2.05, 4.69) is 0 Å². The maximum absolute atomic E-state index is 11.7. The van der Waals surface area contributed by atoms with Crippen LogP contribution < -0.4 is 5.73 Å². The molecule has 17 heavy (non-hydrogen) atoms. The van der Waals surface area contributed by atoms with Gasteiger partial charge in [-0.3, -0.25) is 4.79 Å². The molecule has 0 aliphatic carbocycles. The van der Waals surface area contributed by atoms with Crippen LogP contribution in [0, 0.1) is 0 Å². The lowest BCUT2D eigenvalue weighted by atomic mass is 10.1. The lowest BCUT2D eigenvalue weighted by molar-refractivity contribution is 0.100. The Bertz CT molecular complexity index is 555. The first-order chi connectivity index (χ1) is 7.85. The summed E-state index contributed by atoms with van der Waals surface area (Å²) in [5.74, 6) is -0.481. The molecule has 0 radical (unpaired) electrons. The molecule has 0 heterocycles. The van der Waals surface area contributed by atoms with Gasteiger partial charge in [-0.2, -0.15) is 0 Å². The molecule has 7 heteroatoms. The largest absolute Gasteiger partial charge is 0.324 e. The van der Waals surface area contributed by atoms with Crippen molar-refractivity contribution in [1.29, 1.82) is 0 Å². The lowest BCUT2D eigenvalue weighted by Crippen LogP contribution is -2.15. The van der Waals surface area contributed by atoms with Gasteiger partial charge in [0, 0.05) is 5.56 Å². The predicted octanol–water partition coefficient (Wildman–Crippen LogP) is 1.93. The van der Waals surface area contributed by atoms with Crippen LogP contribution >= 0.6 is 23.2 Å². The summed E-state index contributed by atoms with van der Waals surface area (Å²) in [6.45, 7) is 1.29. The highest BCUT2D eigenvalue weighted by Crippen LogP contribution is 2.32. The molecule has 1 aromatic carbocycles. The Hall–Kier alpha value is -0.620. The van der Waals surface area contributed by atoms with Gasteiger partial charge in [-0.25, -0.2) is 8.42 Å². The number of nitrogens with two attached hydrogens (primary N) is 1. The van der Waals surface area contributed by atoms with Crippen LogP contribution in [0.15, 0.2) is 17.0 Å². The van der Waals surface area contributed by atoms with Crippen LogP contribution in [0.1, 0.15) is 17.3 Å². The second-order valence-corrected chi connectivity index (χ2v) is 6.27. The van der Waals surface area contributed by atoms with Gasteiger partial charge >= 0.3 is 0 Å². The zero-order valence-electron chi connectivity index (χ0n) is 9.04. The van der Waals surface area contributed by atoms with Gasteiger partial charge in [0.15, 0.2) is 15.6 Å². The molecule has 0 bridgehead atoms. The van der Waals surface area contributed by atoms with E-state index in [4.69, 9.17) is 28.9 Å². The fourth-order valence-corrected chi connectivity index (χ4v) is 3.06. The van der Waals surface area contributed by atoms with E-state index in [-0.39, 0.29) is 32.8 Å². The predicted molar refractivity (Wildman–Crippen MR) is 67.6 cm³/mol. The van der Waals surface area contributed by atoms with Crippen molar-refractivity contribution in [2.75, 3.05) is 12.3 Å². The number of hydrogen-bond acceptors (Lipinski definition) is 4. The van der Waals surface area contributed by atoms with Gasteiger partial charge in [0.2, 0.25) is 0 Å². The number of halogens is 2. The van der Waals surface area contributed by atoms with Crippen LogP contribution in [0.5, 0.6) is 0 Å². The first-order valence-electron chi connectivity index (χ1n) is 4.79. The van der Waals surface area contributed by atoms with Crippen molar-refractivity contribution < 1.29 is 13.2 Å². The normalized spacial score (nSPS) is 11.5. The van der Waals surface area contributed by atoms with Gasteiger partial charge in [0.1, 0.15) is 0 Å². The fraction of sp³-hybridized carbons (Fsp3) is 0.300. The van der Waals surface area contributed by atoms with Crippen LogP contribution in [0.4, 0.5) is 0 Å². The molecule has 4 nitrogen and oxygen atoms in total. The van der Waals surface area contributed by atoms with Crippen molar-refractivity contribution in [3.8, 4) is 0 Å². The maximum Gasteiger partial charge on any atom is 0.179 e. The molecular formula is C10H11Cl2NO3S. The molecule has 2 N–H and O–H groups in total. The van der Waals surface area contributed by atoms with Gasteiger partial charge in [0.05, 0.1) is 27.2 Å². The summed E-state index contributed by atoms with van der Waals surface area (Å²) in [7, 11) is -3.46. The topological polar surface area (TPSA) is 77.2 Å². The highest BCUT2D eigenvalue weighted by Gasteiger charge is 2.21. The Morgan fingerprint density at radius 2 is 1.88 bits per heavy atom. The smallest absolute Gasteiger partial charge is 0.179 e. The van der Waals surface area contributed by atoms with E-state index in [0.717, 1.165) is 0 Å². The highest BCUT2D eigenvalue weighted by atomic mass is 35.5. The van der Waals surface area contributed by atoms with Crippen LogP contribution in [-0.4, -0.2) is 26.5 Å². The summed E-state index contributed by atoms with van der Waals surface area (Å²) in [5.41, 5.74) is 5.34. The van der Waals surface area contributed by atoms with Gasteiger partial charge in [0.25, 0.3) is 0 Å². The molecule has 0 atom stereocenters. The number of carbonyl (C=O) groups excluding carboxylic acids is 1. The first kappa shape index (κ1) is 14.4. The van der Waals surface area contributed by atoms with E-state index in [1.54, 1.807) is 0 Å². The third kappa shape index (κ3) is 2.80. The van der Waals surface area contributed by atoms with E-state index in [1.165, 1.54) is 19.1 Å². The summed E-state index contributed by atoms with van der Waals surface area (Å²) in [5, 5.41) is -0.204. The van der Waals surface area contributed by atoms with Crippen LogP contribution in [0.3, 0.4) is 0 Å². The molecule has 1 aromatic rings. The van der Waals surface area contributed by atoms with Crippen molar-refractivity contribution in [1.82, 2.24) is 0 Å². The average molecular weight is 296 g/mol. The van der Waals surface area contributed by atoms with Crippen LogP contribution in [-0.2, 0) is 9.84 Å². The van der Waals surface area contributed by atoms with Crippen LogP contribution in [0.25, 0.3) is 0 Å². The summed E-state index contributed by atoms with van der Waals surface area (Å²) in [4.78, 5) is 11.3. The maximum atomic E-state index is 11.7. The molecule has 0 unspecified atom stereocenters. The number of carbonyl (C=O) groups is 1. The van der Waals surface area contributed by atoms with E-state index in [0.29, 0.717) is 0 Å². The Kier molecular flexibility index (Phi) is 4.55. The summed E-state index contributed by atoms with van der Waals surface area (Å²) < 4.78 is 23.3. The average Bonchev–Trinajstić information content (AvgIpc) is 2.31. The minimum absolute atomic E-state index is 0.0692. The molecule has 0 fully saturated rings. The van der Waals surface area contributed by atoms with Gasteiger partial charge in [-0.15, -0.1) is 0 Å². The standard InChI is InChI=1S/C10H11Cl2NO3S/c1-2-17(15,16)8-4-3-6(7(14)5-13)9(11)10(8)12/h3-4H,2,5,13H2,1H3. The Balaban J connectivity index is 3.45. The zero-order chi connectivity index (χ0) is 13.2. The SMILES string of the molecule is CCS(=O)(=O)c1ccc(C(=O)CN)c(Cl)c1Cl. The molecule has 0 aromatic heterocycles. The number of Topliss-reactive ketones (excluding diaryl/α,β-unsaturated/α-hetero) is 1. The van der Waals surface area contributed by atoms with E-state index >= 15 is 0 Å². The number of ketones is 1. The second kappa shape index (κ2) is 5.35. The van der Waals surface area contributed by atoms with Crippen molar-refractivity contribution in [2.24, 2.45) is 5.73 Å². The van der Waals surface area contributed by atoms with Crippen LogP contribution in [0.2, 0.25) is 10.0 Å². The van der Waals surface area contributed by atoms with Gasteiger partial charge < -0.3 is 5.73 Å². The van der Waals surface area contributed by atoms with E-state index in [9.17, 15) is 13.2 Å². The Morgan fingerprint density at radius 3 is 2.35 bits per heavy atom. The van der Waals surface area contributed by atoms with Crippen molar-refractivity contribution in [2.45, 2.75) is 11.8 Å². The number of sulfone groups is 1. The van der Waals surface area contributed by atoms with Crippen molar-refractivity contribution >= 4 is 38.8 Å². The molecule has 94 valence electrons. The third-order valence-corrected chi connectivity index (χ3v) is 5.01. The quantitative estimate of drug-likeness (QED) is 0.861. The number of benzene rings is 1. The van der Waals surface area contributed by atoms with E-state index in [1.807, 2.05) is 0 Å². The monoisotopic (exact) mass is 295 g/mol. The lowest BCUT2D eigenvalue weighted by Gasteiger charge is -2.09. The zero-order valence-corrected chi connectivity index (χ0v) is 11.4. The van der Waals surface area contributed by atoms with Crippen molar-refractivity contribution in [3.63, 3.8) is 0 Å². The minimum atomic E-state index is -3.46. The Morgan fingerprint density at radius 1 is 1.29 bits per heavy atom. The molecule has 1 rings (SSSR count). The molecule has 0 saturated carbocycles. The highest BCUT2D eigenvalue weighted by molar-refractivity contribution is 7.91. The van der Waals surface area contributed by atoms with E-state index < -0.39 is 15.6 Å². The minimum Gasteiger partial charge on any atom is -0.324 e. The molecular weight excluding hydrogens is 285 g/mol. The fourth-order valence-electron chi connectivity index (χ4n) is 1.25. The molecule has 0 aliphatic rings. The molecule has 0 aliphatic heterocycles. The summed E-state index contributed by atoms with van der Waals surface area (Å²) in [6, 6.07) is 2.60. The Labute approximate surface area is 110 Å². The molecule has 0 saturated heterocycles. The second-order valence-electron chi connectivity index (χ2n) is 3.27. The van der Waals surface area contributed by atoms with Gasteiger partial charge in [-0.05, 0) is 12.1 Å². The number of hydrogen-bond donors (Lipinski definition) is 1.